The Kier molecular flexibility index (Phi) is 6.48. The predicted molar refractivity (Wildman–Crippen MR) is 125 cm³/mol. The molecule has 3 heterocycles. The molecule has 0 aliphatic carbocycles. The van der Waals surface area contributed by atoms with Crippen molar-refractivity contribution in [3.63, 3.8) is 0 Å². The maximum Gasteiger partial charge on any atom is 0.287 e. The van der Waals surface area contributed by atoms with Crippen LogP contribution in [-0.2, 0) is 0 Å². The molecule has 0 radical (unpaired) electrons. The number of nitro groups is 1. The number of imidazole rings is 1. The summed E-state index contributed by atoms with van der Waals surface area (Å²) in [6.45, 7) is 1.02. The van der Waals surface area contributed by atoms with E-state index in [4.69, 9.17) is 28.2 Å². The van der Waals surface area contributed by atoms with E-state index in [0.717, 1.165) is 11.4 Å². The molecule has 32 heavy (non-hydrogen) atoms. The number of aromatic amines is 1. The molecule has 0 aliphatic rings. The van der Waals surface area contributed by atoms with E-state index < -0.39 is 4.92 Å². The zero-order chi connectivity index (χ0) is 22.5. The second-order valence-corrected chi connectivity index (χ2v) is 7.52. The molecule has 162 valence electrons. The van der Waals surface area contributed by atoms with Crippen LogP contribution in [0.1, 0.15) is 0 Å². The fourth-order valence-corrected chi connectivity index (χ4v) is 3.58. The van der Waals surface area contributed by atoms with Crippen LogP contribution in [0, 0.1) is 10.1 Å². The lowest BCUT2D eigenvalue weighted by molar-refractivity contribution is -0.385. The van der Waals surface area contributed by atoms with E-state index in [1.54, 1.807) is 30.7 Å². The van der Waals surface area contributed by atoms with Gasteiger partial charge in [0.1, 0.15) is 23.7 Å². The number of halogens is 2. The van der Waals surface area contributed by atoms with Crippen LogP contribution >= 0.6 is 23.2 Å². The minimum atomic E-state index is -0.484. The van der Waals surface area contributed by atoms with Crippen molar-refractivity contribution in [2.45, 2.75) is 0 Å². The van der Waals surface area contributed by atoms with Crippen molar-refractivity contribution in [3.05, 3.63) is 87.4 Å². The topological polar surface area (TPSA) is 113 Å². The third-order valence-electron chi connectivity index (χ3n) is 4.59. The highest BCUT2D eigenvalue weighted by Crippen LogP contribution is 2.31. The fourth-order valence-electron chi connectivity index (χ4n) is 3.07. The Hall–Kier alpha value is -3.69. The first kappa shape index (κ1) is 21.5. The van der Waals surface area contributed by atoms with Gasteiger partial charge in [0.2, 0.25) is 0 Å². The molecule has 4 aromatic rings. The number of hydrogen-bond acceptors (Lipinski definition) is 7. The second-order valence-electron chi connectivity index (χ2n) is 6.68. The van der Waals surface area contributed by atoms with Gasteiger partial charge in [0.05, 0.1) is 28.2 Å². The van der Waals surface area contributed by atoms with Gasteiger partial charge >= 0.3 is 0 Å². The zero-order valence-corrected chi connectivity index (χ0v) is 18.1. The van der Waals surface area contributed by atoms with Crippen molar-refractivity contribution in [2.75, 3.05) is 23.3 Å². The van der Waals surface area contributed by atoms with Crippen LogP contribution in [0.4, 0.5) is 23.1 Å². The van der Waals surface area contributed by atoms with Crippen LogP contribution in [0.15, 0.2) is 67.3 Å². The van der Waals surface area contributed by atoms with Crippen molar-refractivity contribution >= 4 is 46.3 Å². The van der Waals surface area contributed by atoms with Crippen LogP contribution in [0.3, 0.4) is 0 Å². The third-order valence-corrected chi connectivity index (χ3v) is 5.14. The third kappa shape index (κ3) is 4.96. The van der Waals surface area contributed by atoms with Crippen LogP contribution in [0.25, 0.3) is 11.3 Å². The van der Waals surface area contributed by atoms with Gasteiger partial charge in [0.15, 0.2) is 0 Å². The molecular weight excluding hydrogens is 453 g/mol. The van der Waals surface area contributed by atoms with Crippen molar-refractivity contribution in [1.82, 2.24) is 19.9 Å². The summed E-state index contributed by atoms with van der Waals surface area (Å²) in [6.07, 6.45) is 4.51. The number of nitrogens with one attached hydrogen (secondary N) is 2. The minimum Gasteiger partial charge on any atom is -0.368 e. The normalized spacial score (nSPS) is 10.7. The summed E-state index contributed by atoms with van der Waals surface area (Å²) in [5, 5.41) is 15.0. The van der Waals surface area contributed by atoms with Gasteiger partial charge in [-0.25, -0.2) is 15.0 Å². The van der Waals surface area contributed by atoms with Gasteiger partial charge in [-0.05, 0) is 36.4 Å². The maximum absolute atomic E-state index is 10.8. The highest BCUT2D eigenvalue weighted by atomic mass is 35.5. The van der Waals surface area contributed by atoms with E-state index in [9.17, 15) is 10.1 Å². The Balaban J connectivity index is 1.54. The lowest BCUT2D eigenvalue weighted by Crippen LogP contribution is -2.26. The number of aromatic nitrogens is 4. The molecule has 1 aromatic carbocycles. The average molecular weight is 470 g/mol. The van der Waals surface area contributed by atoms with E-state index in [1.807, 2.05) is 29.2 Å². The number of nitrogens with zero attached hydrogens (tertiary/aromatic N) is 5. The molecule has 0 saturated heterocycles. The van der Waals surface area contributed by atoms with Gasteiger partial charge in [-0.3, -0.25) is 10.1 Å². The van der Waals surface area contributed by atoms with Gasteiger partial charge in [-0.15, -0.1) is 0 Å². The minimum absolute atomic E-state index is 0.0588. The molecule has 9 nitrogen and oxygen atoms in total. The Labute approximate surface area is 193 Å². The van der Waals surface area contributed by atoms with Crippen molar-refractivity contribution in [1.29, 1.82) is 0 Å². The molecule has 0 amide bonds. The largest absolute Gasteiger partial charge is 0.368 e. The van der Waals surface area contributed by atoms with Gasteiger partial charge < -0.3 is 15.2 Å². The van der Waals surface area contributed by atoms with Gasteiger partial charge in [-0.1, -0.05) is 29.3 Å². The maximum atomic E-state index is 10.8. The van der Waals surface area contributed by atoms with E-state index >= 15 is 0 Å². The smallest absolute Gasteiger partial charge is 0.287 e. The summed E-state index contributed by atoms with van der Waals surface area (Å²) < 4.78 is 0. The summed E-state index contributed by atoms with van der Waals surface area (Å²) >= 11 is 12.4. The summed E-state index contributed by atoms with van der Waals surface area (Å²) in [7, 11) is 0. The lowest BCUT2D eigenvalue weighted by atomic mass is 10.1. The van der Waals surface area contributed by atoms with Crippen molar-refractivity contribution in [3.8, 4) is 11.3 Å². The van der Waals surface area contributed by atoms with Crippen molar-refractivity contribution < 1.29 is 4.92 Å². The highest BCUT2D eigenvalue weighted by molar-refractivity contribution is 6.36. The second kappa shape index (κ2) is 9.63. The molecule has 0 aliphatic heterocycles. The van der Waals surface area contributed by atoms with Crippen LogP contribution in [-0.4, -0.2) is 37.9 Å². The van der Waals surface area contributed by atoms with Gasteiger partial charge in [0, 0.05) is 29.7 Å². The summed E-state index contributed by atoms with van der Waals surface area (Å²) in [6, 6.07) is 13.9. The SMILES string of the molecule is O=[N+]([O-])c1ccc(NCCN(c2cccc(-c3ccc(Cl)cc3Cl)n2)c2cnc[nH]2)nc1. The quantitative estimate of drug-likeness (QED) is 0.264. The summed E-state index contributed by atoms with van der Waals surface area (Å²) in [4.78, 5) is 28.3. The number of hydrogen-bond donors (Lipinski definition) is 2. The molecule has 0 saturated carbocycles. The highest BCUT2D eigenvalue weighted by Gasteiger charge is 2.14. The molecule has 11 heteroatoms. The fraction of sp³-hybridized carbons (Fsp3) is 0.0952. The standard InChI is InChI=1S/C21H17Cl2N7O2/c22-14-4-6-16(17(23)10-14)18-2-1-3-20(28-18)29(21-12-24-13-27-21)9-8-25-19-7-5-15(11-26-19)30(31)32/h1-7,10-13H,8-9H2,(H,24,27)(H,25,26). The predicted octanol–water partition coefficient (Wildman–Crippen LogP) is 5.33. The molecular formula is C21H17Cl2N7O2. The zero-order valence-electron chi connectivity index (χ0n) is 16.6. The molecule has 0 atom stereocenters. The first-order valence-electron chi connectivity index (χ1n) is 9.54. The first-order valence-corrected chi connectivity index (χ1v) is 10.3. The lowest BCUT2D eigenvalue weighted by Gasteiger charge is -2.23. The number of rotatable bonds is 8. The number of H-pyrrole nitrogens is 1. The summed E-state index contributed by atoms with van der Waals surface area (Å²) in [5.41, 5.74) is 1.42. The van der Waals surface area contributed by atoms with Crippen LogP contribution < -0.4 is 10.2 Å². The van der Waals surface area contributed by atoms with E-state index in [-0.39, 0.29) is 5.69 Å². The summed E-state index contributed by atoms with van der Waals surface area (Å²) in [5.74, 6) is 1.99. The Morgan fingerprint density at radius 2 is 2.00 bits per heavy atom. The number of anilines is 3. The van der Waals surface area contributed by atoms with E-state index in [1.165, 1.54) is 12.3 Å². The monoisotopic (exact) mass is 469 g/mol. The molecule has 0 spiro atoms. The molecule has 0 bridgehead atoms. The Morgan fingerprint density at radius 3 is 2.69 bits per heavy atom. The molecule has 3 aromatic heterocycles. The van der Waals surface area contributed by atoms with Crippen molar-refractivity contribution in [2.24, 2.45) is 0 Å². The molecule has 0 fully saturated rings. The Bertz CT molecular complexity index is 1220. The molecule has 0 unspecified atom stereocenters. The molecule has 4 rings (SSSR count). The van der Waals surface area contributed by atoms with Gasteiger partial charge in [-0.2, -0.15) is 0 Å². The average Bonchev–Trinajstić information content (AvgIpc) is 3.32. The number of benzene rings is 1. The Morgan fingerprint density at radius 1 is 1.12 bits per heavy atom. The van der Waals surface area contributed by atoms with E-state index in [2.05, 4.69) is 20.3 Å². The van der Waals surface area contributed by atoms with E-state index in [0.29, 0.717) is 40.5 Å². The first-order chi connectivity index (χ1) is 15.5. The number of pyridine rings is 2. The van der Waals surface area contributed by atoms with Gasteiger partial charge in [0.25, 0.3) is 5.69 Å². The van der Waals surface area contributed by atoms with Crippen LogP contribution in [0.5, 0.6) is 0 Å². The van der Waals surface area contributed by atoms with Crippen LogP contribution in [0.2, 0.25) is 10.0 Å². The molecule has 2 N–H and O–H groups in total.